The van der Waals surface area contributed by atoms with Gasteiger partial charge in [0.05, 0.1) is 46.5 Å². The van der Waals surface area contributed by atoms with Crippen molar-refractivity contribution in [1.82, 2.24) is 31.3 Å². The summed E-state index contributed by atoms with van der Waals surface area (Å²) < 4.78 is 45.5. The number of hydrogen-bond acceptors (Lipinski definition) is 14. The van der Waals surface area contributed by atoms with Gasteiger partial charge in [0.15, 0.2) is 0 Å². The summed E-state index contributed by atoms with van der Waals surface area (Å²) in [4.78, 5) is 64.0. The molecule has 20 heteroatoms. The predicted molar refractivity (Wildman–Crippen MR) is 317 cm³/mol. The maximum atomic E-state index is 12.9. The van der Waals surface area contributed by atoms with Crippen LogP contribution in [0.3, 0.4) is 0 Å². The first-order chi connectivity index (χ1) is 40.1. The number of fused-ring (bicyclic) bond motifs is 3. The number of nitriles is 1. The third-order valence-corrected chi connectivity index (χ3v) is 16.0. The Labute approximate surface area is 489 Å². The van der Waals surface area contributed by atoms with E-state index >= 15 is 0 Å². The number of amides is 5. The molecular formula is C63H80N7O12P. The second kappa shape index (κ2) is 33.0. The molecule has 0 saturated heterocycles. The van der Waals surface area contributed by atoms with E-state index < -0.39 is 56.1 Å². The van der Waals surface area contributed by atoms with Gasteiger partial charge >= 0.3 is 6.09 Å². The molecule has 1 aliphatic carbocycles. The van der Waals surface area contributed by atoms with E-state index in [0.717, 1.165) is 38.9 Å². The van der Waals surface area contributed by atoms with Gasteiger partial charge in [0.1, 0.15) is 41.9 Å². The van der Waals surface area contributed by atoms with Gasteiger partial charge in [0.25, 0.3) is 8.53 Å². The van der Waals surface area contributed by atoms with E-state index in [1.54, 1.807) is 14.2 Å². The van der Waals surface area contributed by atoms with Crippen LogP contribution < -0.4 is 36.1 Å². The number of nitrogens with zero attached hydrogens (tertiary/aromatic N) is 2. The zero-order valence-corrected chi connectivity index (χ0v) is 49.7. The van der Waals surface area contributed by atoms with Crippen molar-refractivity contribution < 1.29 is 56.7 Å². The number of methoxy groups -OCH3 is 2. The summed E-state index contributed by atoms with van der Waals surface area (Å²) >= 11 is 0. The molecule has 83 heavy (non-hydrogen) atoms. The summed E-state index contributed by atoms with van der Waals surface area (Å²) in [5.74, 6) is -0.668. The first kappa shape index (κ1) is 64.7. The minimum absolute atomic E-state index is 0.0357. The molecule has 0 aromatic heterocycles. The summed E-state index contributed by atoms with van der Waals surface area (Å²) in [5, 5.41) is 22.7. The summed E-state index contributed by atoms with van der Waals surface area (Å²) in [5.41, 5.74) is 5.84. The van der Waals surface area contributed by atoms with Gasteiger partial charge in [0.2, 0.25) is 23.6 Å². The van der Waals surface area contributed by atoms with E-state index in [0.29, 0.717) is 17.9 Å². The lowest BCUT2D eigenvalue weighted by molar-refractivity contribution is -0.132. The van der Waals surface area contributed by atoms with E-state index in [-0.39, 0.29) is 95.8 Å². The topological polar surface area (TPSA) is 237 Å². The molecule has 5 aromatic rings. The second-order valence-corrected chi connectivity index (χ2v) is 21.8. The van der Waals surface area contributed by atoms with Gasteiger partial charge in [-0.25, -0.2) is 9.46 Å². The van der Waals surface area contributed by atoms with Crippen molar-refractivity contribution in [3.63, 3.8) is 0 Å². The van der Waals surface area contributed by atoms with Gasteiger partial charge in [0, 0.05) is 57.1 Å². The van der Waals surface area contributed by atoms with E-state index in [4.69, 9.17) is 32.7 Å². The highest BCUT2D eigenvalue weighted by molar-refractivity contribution is 7.44. The first-order valence-electron chi connectivity index (χ1n) is 28.1. The number of rotatable bonds is 34. The van der Waals surface area contributed by atoms with Crippen LogP contribution >= 0.6 is 8.53 Å². The Morgan fingerprint density at radius 1 is 0.614 bits per heavy atom. The molecule has 444 valence electrons. The molecule has 5 aromatic carbocycles. The highest BCUT2D eigenvalue weighted by atomic mass is 31.2. The Kier molecular flexibility index (Phi) is 25.7. The minimum atomic E-state index is -1.71. The Morgan fingerprint density at radius 3 is 1.73 bits per heavy atom. The summed E-state index contributed by atoms with van der Waals surface area (Å²) in [6.45, 7) is 12.4. The molecule has 1 aliphatic rings. The van der Waals surface area contributed by atoms with Crippen LogP contribution in [-0.2, 0) is 48.0 Å². The number of alkyl carbamates (subject to hydrolysis) is 1. The highest BCUT2D eigenvalue weighted by Gasteiger charge is 2.40. The lowest BCUT2D eigenvalue weighted by Gasteiger charge is -2.39. The van der Waals surface area contributed by atoms with Crippen LogP contribution in [-0.4, -0.2) is 132 Å². The van der Waals surface area contributed by atoms with Crippen LogP contribution in [0.25, 0.3) is 11.1 Å². The van der Waals surface area contributed by atoms with E-state index in [1.165, 1.54) is 13.8 Å². The average Bonchev–Trinajstić information content (AvgIpc) is 2.92. The summed E-state index contributed by atoms with van der Waals surface area (Å²) in [7, 11) is 1.53. The first-order valence-corrected chi connectivity index (χ1v) is 29.3. The minimum Gasteiger partial charge on any atom is -0.497 e. The summed E-state index contributed by atoms with van der Waals surface area (Å²) in [6.07, 6.45) is -0.976. The molecule has 0 saturated carbocycles. The van der Waals surface area contributed by atoms with Crippen molar-refractivity contribution >= 4 is 38.2 Å². The number of nitrogens with one attached hydrogen (secondary N) is 5. The van der Waals surface area contributed by atoms with Gasteiger partial charge in [-0.2, -0.15) is 5.26 Å². The maximum Gasteiger partial charge on any atom is 0.407 e. The molecule has 6 rings (SSSR count). The van der Waals surface area contributed by atoms with E-state index in [2.05, 4.69) is 77.2 Å². The normalized spacial score (nSPS) is 13.4. The molecule has 4 atom stereocenters. The van der Waals surface area contributed by atoms with Crippen molar-refractivity contribution in [2.45, 2.75) is 109 Å². The van der Waals surface area contributed by atoms with Crippen molar-refractivity contribution in [3.05, 3.63) is 155 Å². The van der Waals surface area contributed by atoms with Crippen LogP contribution in [0.2, 0.25) is 0 Å². The van der Waals surface area contributed by atoms with Gasteiger partial charge < -0.3 is 59.3 Å². The van der Waals surface area contributed by atoms with Crippen LogP contribution in [0, 0.1) is 11.3 Å². The standard InChI is InChI=1S/C63H80N7O12P/c1-43(2)70(44(3)4)83(81-39-16-34-64)82-52(41-80-63(47-18-10-9-11-19-47,48-24-28-50(76-7)29-25-48)49-26-30-51(77-8)31-27-49)40-78-38-17-35-65-58(71)32-33-59(72)68-46(6)61(74)69-45(5)60(73)66-36-37-67-62(75)79-42-57-55-22-14-12-20-53(55)54-21-13-15-23-56(54)57/h9-15,18-31,43-46,52,57H,16-17,32-33,35-42H2,1-8H3,(H,65,71)(H,66,73)(H,67,75)(H,68,72)(H,69,74). The monoisotopic (exact) mass is 1160 g/mol. The Morgan fingerprint density at radius 2 is 1.16 bits per heavy atom. The number of carbonyl (C=O) groups is 5. The quantitative estimate of drug-likeness (QED) is 0.0147. The van der Waals surface area contributed by atoms with E-state index in [1.807, 2.05) is 115 Å². The lowest BCUT2D eigenvalue weighted by Crippen LogP contribution is -2.52. The Bertz CT molecular complexity index is 2810. The van der Waals surface area contributed by atoms with Crippen molar-refractivity contribution in [1.29, 1.82) is 5.26 Å². The zero-order chi connectivity index (χ0) is 59.7. The molecule has 4 unspecified atom stereocenters. The number of ether oxygens (including phenoxy) is 5. The maximum absolute atomic E-state index is 12.9. The SMILES string of the molecule is COc1ccc(C(OCC(COCCCNC(=O)CCC(=O)NC(C)C(=O)NC(C)C(=O)NCCNC(=O)OCC2c3ccccc3-c3ccccc32)OP(OCCC#N)N(C(C)C)C(C)C)(c2ccccc2)c2ccc(OC)cc2)cc1. The fourth-order valence-corrected chi connectivity index (χ4v) is 11.4. The number of carbonyl (C=O) groups excluding carboxylic acids is 5. The van der Waals surface area contributed by atoms with Gasteiger partial charge in [-0.1, -0.05) is 103 Å². The van der Waals surface area contributed by atoms with Gasteiger partial charge in [-0.05, 0) is 111 Å². The third kappa shape index (κ3) is 18.5. The van der Waals surface area contributed by atoms with Crippen molar-refractivity contribution in [3.8, 4) is 28.7 Å². The predicted octanol–water partition coefficient (Wildman–Crippen LogP) is 8.64. The molecule has 0 fully saturated rings. The molecule has 5 amide bonds. The molecule has 0 aliphatic heterocycles. The largest absolute Gasteiger partial charge is 0.497 e. The van der Waals surface area contributed by atoms with Crippen LogP contribution in [0.1, 0.15) is 101 Å². The average molecular weight is 1160 g/mol. The molecule has 0 spiro atoms. The highest BCUT2D eigenvalue weighted by Crippen LogP contribution is 2.49. The van der Waals surface area contributed by atoms with Crippen molar-refractivity contribution in [2.75, 3.05) is 66.9 Å². The molecule has 0 radical (unpaired) electrons. The smallest absolute Gasteiger partial charge is 0.407 e. The number of hydrogen-bond donors (Lipinski definition) is 5. The van der Waals surface area contributed by atoms with Gasteiger partial charge in [-0.3, -0.25) is 19.2 Å². The zero-order valence-electron chi connectivity index (χ0n) is 48.8. The summed E-state index contributed by atoms with van der Waals surface area (Å²) in [6, 6.07) is 41.8. The fourth-order valence-electron chi connectivity index (χ4n) is 9.69. The van der Waals surface area contributed by atoms with E-state index in [9.17, 15) is 29.2 Å². The molecule has 5 N–H and O–H groups in total. The molecule has 19 nitrogen and oxygen atoms in total. The Balaban J connectivity index is 0.954. The van der Waals surface area contributed by atoms with Crippen molar-refractivity contribution in [2.24, 2.45) is 0 Å². The van der Waals surface area contributed by atoms with Gasteiger partial charge in [-0.15, -0.1) is 0 Å². The molecular weight excluding hydrogens is 1080 g/mol. The third-order valence-electron chi connectivity index (χ3n) is 13.8. The molecule has 0 heterocycles. The molecule has 0 bridgehead atoms. The fraction of sp³-hybridized carbons (Fsp3) is 0.429. The second-order valence-electron chi connectivity index (χ2n) is 20.4. The van der Waals surface area contributed by atoms with Crippen LogP contribution in [0.15, 0.2) is 127 Å². The lowest BCUT2D eigenvalue weighted by atomic mass is 9.80. The number of benzene rings is 5. The van der Waals surface area contributed by atoms with Crippen LogP contribution in [0.5, 0.6) is 11.5 Å². The van der Waals surface area contributed by atoms with Crippen LogP contribution in [0.4, 0.5) is 4.79 Å². The Hall–Kier alpha value is -7.43.